The molecule has 0 saturated carbocycles. The van der Waals surface area contributed by atoms with Gasteiger partial charge in [0.25, 0.3) is 0 Å². The molecule has 0 aliphatic rings. The van der Waals surface area contributed by atoms with Gasteiger partial charge < -0.3 is 24.8 Å². The van der Waals surface area contributed by atoms with E-state index in [1.54, 1.807) is 81.1 Å². The number of anilines is 2. The van der Waals surface area contributed by atoms with Crippen molar-refractivity contribution in [2.24, 2.45) is 0 Å². The summed E-state index contributed by atoms with van der Waals surface area (Å²) in [6.07, 6.45) is 1.63. The molecular formula is C26H21N5O5. The van der Waals surface area contributed by atoms with Crippen LogP contribution >= 0.6 is 0 Å². The molecule has 0 aliphatic heterocycles. The molecule has 0 atom stereocenters. The van der Waals surface area contributed by atoms with E-state index in [0.29, 0.717) is 45.5 Å². The third-order valence-electron chi connectivity index (χ3n) is 5.02. The Morgan fingerprint density at radius 1 is 0.833 bits per heavy atom. The molecule has 36 heavy (non-hydrogen) atoms. The summed E-state index contributed by atoms with van der Waals surface area (Å²) in [5.41, 5.74) is 1.90. The molecule has 4 aromatic rings. The van der Waals surface area contributed by atoms with E-state index in [4.69, 9.17) is 19.5 Å². The Morgan fingerprint density at radius 3 is 2.22 bits per heavy atom. The minimum Gasteiger partial charge on any atom is -0.493 e. The van der Waals surface area contributed by atoms with Gasteiger partial charge in [-0.05, 0) is 54.6 Å². The maximum absolute atomic E-state index is 12.2. The molecule has 0 bridgehead atoms. The molecule has 10 heteroatoms. The van der Waals surface area contributed by atoms with Crippen molar-refractivity contribution >= 4 is 34.3 Å². The summed E-state index contributed by atoms with van der Waals surface area (Å²) in [7, 11) is 3.11. The largest absolute Gasteiger partial charge is 0.493 e. The topological polar surface area (TPSA) is 135 Å². The number of imide groups is 1. The molecule has 1 aromatic heterocycles. The van der Waals surface area contributed by atoms with Crippen LogP contribution in [0.2, 0.25) is 0 Å². The van der Waals surface area contributed by atoms with E-state index < -0.39 is 12.1 Å². The van der Waals surface area contributed by atoms with E-state index in [1.807, 2.05) is 6.07 Å². The van der Waals surface area contributed by atoms with Crippen LogP contribution in [0.3, 0.4) is 0 Å². The predicted octanol–water partition coefficient (Wildman–Crippen LogP) is 5.27. The Bertz CT molecular complexity index is 1460. The monoisotopic (exact) mass is 483 g/mol. The summed E-state index contributed by atoms with van der Waals surface area (Å²) in [4.78, 5) is 28.6. The van der Waals surface area contributed by atoms with Gasteiger partial charge in [-0.3, -0.25) is 10.3 Å². The standard InChI is InChI=1S/C26H21N5O5/c1-34-23-13-20-21(14-24(23)35-2)28-11-10-22(20)36-19-8-6-17(7-9-19)29-25(32)31-26(33)30-18-5-3-4-16(12-18)15-27/h3-14H,1-2H3,(H3,29,30,31,32,33). The number of hydrogen-bond acceptors (Lipinski definition) is 7. The van der Waals surface area contributed by atoms with E-state index in [2.05, 4.69) is 20.9 Å². The summed E-state index contributed by atoms with van der Waals surface area (Å²) in [6, 6.07) is 18.8. The molecule has 4 rings (SSSR count). The zero-order valence-corrected chi connectivity index (χ0v) is 19.4. The third kappa shape index (κ3) is 5.60. The van der Waals surface area contributed by atoms with Crippen LogP contribution < -0.4 is 30.2 Å². The number of urea groups is 2. The van der Waals surface area contributed by atoms with Crippen molar-refractivity contribution in [2.75, 3.05) is 24.9 Å². The summed E-state index contributed by atoms with van der Waals surface area (Å²) in [5, 5.41) is 16.9. The van der Waals surface area contributed by atoms with Gasteiger partial charge in [-0.25, -0.2) is 9.59 Å². The van der Waals surface area contributed by atoms with Crippen molar-refractivity contribution in [3.05, 3.63) is 78.5 Å². The molecule has 0 radical (unpaired) electrons. The van der Waals surface area contributed by atoms with Crippen molar-refractivity contribution in [1.82, 2.24) is 10.3 Å². The fourth-order valence-corrected chi connectivity index (χ4v) is 3.36. The van der Waals surface area contributed by atoms with E-state index in [9.17, 15) is 9.59 Å². The van der Waals surface area contributed by atoms with Crippen LogP contribution in [0.5, 0.6) is 23.0 Å². The van der Waals surface area contributed by atoms with Gasteiger partial charge in [0.2, 0.25) is 0 Å². The number of nitrogens with one attached hydrogen (secondary N) is 3. The van der Waals surface area contributed by atoms with Gasteiger partial charge in [0.05, 0.1) is 31.4 Å². The van der Waals surface area contributed by atoms with Crippen LogP contribution in [0.25, 0.3) is 10.9 Å². The Kier molecular flexibility index (Phi) is 7.12. The van der Waals surface area contributed by atoms with Crippen molar-refractivity contribution in [3.8, 4) is 29.1 Å². The van der Waals surface area contributed by atoms with Crippen molar-refractivity contribution in [1.29, 1.82) is 5.26 Å². The minimum absolute atomic E-state index is 0.387. The highest BCUT2D eigenvalue weighted by Crippen LogP contribution is 2.36. The van der Waals surface area contributed by atoms with Crippen LogP contribution in [0.4, 0.5) is 21.0 Å². The first kappa shape index (κ1) is 23.8. The van der Waals surface area contributed by atoms with Crippen molar-refractivity contribution in [3.63, 3.8) is 0 Å². The highest BCUT2D eigenvalue weighted by Gasteiger charge is 2.12. The van der Waals surface area contributed by atoms with Crippen LogP contribution in [0.1, 0.15) is 5.56 Å². The second kappa shape index (κ2) is 10.8. The molecule has 0 spiro atoms. The molecule has 10 nitrogen and oxygen atoms in total. The highest BCUT2D eigenvalue weighted by molar-refractivity contribution is 6.05. The number of nitrogens with zero attached hydrogens (tertiary/aromatic N) is 2. The van der Waals surface area contributed by atoms with Gasteiger partial charge in [-0.1, -0.05) is 6.07 Å². The van der Waals surface area contributed by atoms with E-state index >= 15 is 0 Å². The Balaban J connectivity index is 1.39. The Morgan fingerprint density at radius 2 is 1.53 bits per heavy atom. The number of nitriles is 1. The molecule has 1 heterocycles. The molecule has 3 N–H and O–H groups in total. The summed E-state index contributed by atoms with van der Waals surface area (Å²) in [5.74, 6) is 2.21. The van der Waals surface area contributed by atoms with Crippen LogP contribution in [0, 0.1) is 11.3 Å². The quantitative estimate of drug-likeness (QED) is 0.340. The van der Waals surface area contributed by atoms with E-state index in [0.717, 1.165) is 5.39 Å². The predicted molar refractivity (Wildman–Crippen MR) is 134 cm³/mol. The second-order valence-electron chi connectivity index (χ2n) is 7.39. The molecule has 4 amide bonds. The maximum atomic E-state index is 12.2. The van der Waals surface area contributed by atoms with Gasteiger partial charge >= 0.3 is 12.1 Å². The molecule has 0 aliphatic carbocycles. The number of aromatic nitrogens is 1. The second-order valence-corrected chi connectivity index (χ2v) is 7.39. The lowest BCUT2D eigenvalue weighted by molar-refractivity contribution is 0.240. The highest BCUT2D eigenvalue weighted by atomic mass is 16.5. The number of fused-ring (bicyclic) bond motifs is 1. The fourth-order valence-electron chi connectivity index (χ4n) is 3.36. The zero-order chi connectivity index (χ0) is 25.5. The molecule has 0 fully saturated rings. The molecular weight excluding hydrogens is 462 g/mol. The number of amides is 4. The summed E-state index contributed by atoms with van der Waals surface area (Å²) in [6.45, 7) is 0. The van der Waals surface area contributed by atoms with Gasteiger partial charge in [-0.2, -0.15) is 5.26 Å². The SMILES string of the molecule is COc1cc2nccc(Oc3ccc(NC(=O)NC(=O)Nc4cccc(C#N)c4)cc3)c2cc1OC. The average Bonchev–Trinajstić information content (AvgIpc) is 2.89. The maximum Gasteiger partial charge on any atom is 0.327 e. The summed E-state index contributed by atoms with van der Waals surface area (Å²) >= 11 is 0. The van der Waals surface area contributed by atoms with Gasteiger partial charge in [0.1, 0.15) is 11.5 Å². The van der Waals surface area contributed by atoms with E-state index in [-0.39, 0.29) is 0 Å². The first-order chi connectivity index (χ1) is 17.5. The van der Waals surface area contributed by atoms with Gasteiger partial charge in [-0.15, -0.1) is 0 Å². The number of hydrogen-bond donors (Lipinski definition) is 3. The van der Waals surface area contributed by atoms with Gasteiger partial charge in [0.15, 0.2) is 11.5 Å². The lowest BCUT2D eigenvalue weighted by Gasteiger charge is -2.13. The molecule has 0 saturated heterocycles. The summed E-state index contributed by atoms with van der Waals surface area (Å²) < 4.78 is 16.7. The van der Waals surface area contributed by atoms with Crippen LogP contribution in [-0.2, 0) is 0 Å². The third-order valence-corrected chi connectivity index (χ3v) is 5.02. The minimum atomic E-state index is -0.737. The van der Waals surface area contributed by atoms with Crippen molar-refractivity contribution in [2.45, 2.75) is 0 Å². The number of carbonyl (C=O) groups is 2. The first-order valence-corrected chi connectivity index (χ1v) is 10.7. The number of ether oxygens (including phenoxy) is 3. The fraction of sp³-hybridized carbons (Fsp3) is 0.0769. The zero-order valence-electron chi connectivity index (χ0n) is 19.4. The van der Waals surface area contributed by atoms with Crippen LogP contribution in [0.15, 0.2) is 72.9 Å². The van der Waals surface area contributed by atoms with Crippen molar-refractivity contribution < 1.29 is 23.8 Å². The number of rotatable bonds is 6. The normalized spacial score (nSPS) is 10.1. The number of benzene rings is 3. The lowest BCUT2D eigenvalue weighted by atomic mass is 10.2. The molecule has 0 unspecified atom stereocenters. The molecule has 180 valence electrons. The lowest BCUT2D eigenvalue weighted by Crippen LogP contribution is -2.37. The number of carbonyl (C=O) groups excluding carboxylic acids is 2. The smallest absolute Gasteiger partial charge is 0.327 e. The van der Waals surface area contributed by atoms with Crippen LogP contribution in [-0.4, -0.2) is 31.3 Å². The Labute approximate surface area is 206 Å². The Hall–Kier alpha value is -5.30. The average molecular weight is 483 g/mol. The van der Waals surface area contributed by atoms with E-state index in [1.165, 1.54) is 6.07 Å². The number of pyridine rings is 1. The first-order valence-electron chi connectivity index (χ1n) is 10.7. The number of methoxy groups -OCH3 is 2. The van der Waals surface area contributed by atoms with Gasteiger partial charge in [0, 0.05) is 29.0 Å². The molecule has 3 aromatic carbocycles.